The molecule has 1 aliphatic rings. The first kappa shape index (κ1) is 21.4. The van der Waals surface area contributed by atoms with E-state index >= 15 is 0 Å². The summed E-state index contributed by atoms with van der Waals surface area (Å²) in [4.78, 5) is 16.3. The van der Waals surface area contributed by atoms with Crippen molar-refractivity contribution in [2.24, 2.45) is 0 Å². The Morgan fingerprint density at radius 3 is 2.60 bits per heavy atom. The van der Waals surface area contributed by atoms with Crippen molar-refractivity contribution in [1.82, 2.24) is 15.1 Å². The lowest BCUT2D eigenvalue weighted by molar-refractivity contribution is -0.128. The minimum Gasteiger partial charge on any atom is -0.493 e. The van der Waals surface area contributed by atoms with Crippen LogP contribution in [0.4, 0.5) is 5.82 Å². The summed E-state index contributed by atoms with van der Waals surface area (Å²) in [6.45, 7) is 1.23. The van der Waals surface area contributed by atoms with Crippen LogP contribution in [0.2, 0.25) is 0 Å². The summed E-state index contributed by atoms with van der Waals surface area (Å²) < 4.78 is 16.5. The molecule has 0 saturated carbocycles. The van der Waals surface area contributed by atoms with E-state index in [-0.39, 0.29) is 12.0 Å². The molecule has 8 nitrogen and oxygen atoms in total. The standard InChI is InChI=1S/C22H28N4O4/c1-25(2)20-10-11-21(24-23-20)30-17-6-5-13-26(15-17)22(27)12-8-16-7-9-18(28-3)19(14-16)29-4/h7-12,14,17H,5-6,13,15H2,1-4H3/b12-8+. The predicted molar refractivity (Wildman–Crippen MR) is 115 cm³/mol. The molecule has 30 heavy (non-hydrogen) atoms. The largest absolute Gasteiger partial charge is 0.493 e. The van der Waals surface area contributed by atoms with Gasteiger partial charge in [0.25, 0.3) is 0 Å². The van der Waals surface area contributed by atoms with Crippen LogP contribution in [0.15, 0.2) is 36.4 Å². The number of ether oxygens (including phenoxy) is 3. The van der Waals surface area contributed by atoms with Crippen LogP contribution in [0.1, 0.15) is 18.4 Å². The maximum atomic E-state index is 12.7. The fourth-order valence-electron chi connectivity index (χ4n) is 3.25. The second-order valence-electron chi connectivity index (χ2n) is 7.24. The number of methoxy groups -OCH3 is 2. The fourth-order valence-corrected chi connectivity index (χ4v) is 3.25. The quantitative estimate of drug-likeness (QED) is 0.647. The Kier molecular flexibility index (Phi) is 7.11. The molecular formula is C22H28N4O4. The van der Waals surface area contributed by atoms with Gasteiger partial charge in [0.2, 0.25) is 11.8 Å². The van der Waals surface area contributed by atoms with E-state index in [1.807, 2.05) is 43.3 Å². The molecule has 1 amide bonds. The molecule has 0 spiro atoms. The van der Waals surface area contributed by atoms with Crippen LogP contribution >= 0.6 is 0 Å². The summed E-state index contributed by atoms with van der Waals surface area (Å²) in [5.74, 6) is 2.47. The van der Waals surface area contributed by atoms with Crippen molar-refractivity contribution in [3.8, 4) is 17.4 Å². The Morgan fingerprint density at radius 1 is 1.13 bits per heavy atom. The number of benzene rings is 1. The number of likely N-dealkylation sites (tertiary alicyclic amines) is 1. The molecule has 8 heteroatoms. The highest BCUT2D eigenvalue weighted by molar-refractivity contribution is 5.92. The van der Waals surface area contributed by atoms with Gasteiger partial charge >= 0.3 is 0 Å². The van der Waals surface area contributed by atoms with Crippen molar-refractivity contribution in [3.63, 3.8) is 0 Å². The number of piperidine rings is 1. The van der Waals surface area contributed by atoms with Gasteiger partial charge in [0.1, 0.15) is 6.10 Å². The molecule has 0 N–H and O–H groups in total. The van der Waals surface area contributed by atoms with Crippen LogP contribution in [0, 0.1) is 0 Å². The van der Waals surface area contributed by atoms with Gasteiger partial charge in [-0.25, -0.2) is 0 Å². The summed E-state index contributed by atoms with van der Waals surface area (Å²) in [6.07, 6.45) is 5.01. The first-order chi connectivity index (χ1) is 14.5. The number of rotatable bonds is 7. The van der Waals surface area contributed by atoms with Gasteiger partial charge in [-0.2, -0.15) is 0 Å². The van der Waals surface area contributed by atoms with E-state index in [0.717, 1.165) is 24.2 Å². The molecule has 1 fully saturated rings. The Bertz CT molecular complexity index is 883. The third-order valence-corrected chi connectivity index (χ3v) is 4.89. The number of carbonyl (C=O) groups excluding carboxylic acids is 1. The number of hydrogen-bond donors (Lipinski definition) is 0. The van der Waals surface area contributed by atoms with Crippen molar-refractivity contribution >= 4 is 17.8 Å². The molecular weight excluding hydrogens is 384 g/mol. The number of hydrogen-bond acceptors (Lipinski definition) is 7. The summed E-state index contributed by atoms with van der Waals surface area (Å²) in [5, 5.41) is 8.24. The molecule has 3 rings (SSSR count). The topological polar surface area (TPSA) is 77.0 Å². The van der Waals surface area contributed by atoms with Gasteiger partial charge in [-0.1, -0.05) is 6.07 Å². The Morgan fingerprint density at radius 2 is 1.93 bits per heavy atom. The number of aromatic nitrogens is 2. The summed E-state index contributed by atoms with van der Waals surface area (Å²) >= 11 is 0. The number of nitrogens with zero attached hydrogens (tertiary/aromatic N) is 4. The fraction of sp³-hybridized carbons (Fsp3) is 0.409. The Hall–Kier alpha value is -3.29. The minimum absolute atomic E-state index is 0.0490. The maximum absolute atomic E-state index is 12.7. The summed E-state index contributed by atoms with van der Waals surface area (Å²) in [6, 6.07) is 9.19. The van der Waals surface area contributed by atoms with Crippen LogP contribution in [0.3, 0.4) is 0 Å². The third-order valence-electron chi connectivity index (χ3n) is 4.89. The summed E-state index contributed by atoms with van der Waals surface area (Å²) in [5.41, 5.74) is 0.863. The number of amides is 1. The van der Waals surface area contributed by atoms with Gasteiger partial charge in [-0.15, -0.1) is 10.2 Å². The second kappa shape index (κ2) is 9.96. The molecule has 1 aliphatic heterocycles. The van der Waals surface area contributed by atoms with Crippen LogP contribution < -0.4 is 19.1 Å². The second-order valence-corrected chi connectivity index (χ2v) is 7.24. The van der Waals surface area contributed by atoms with Crippen LogP contribution in [-0.2, 0) is 4.79 Å². The molecule has 0 aliphatic carbocycles. The molecule has 0 bridgehead atoms. The van der Waals surface area contributed by atoms with Crippen molar-refractivity contribution in [3.05, 3.63) is 42.0 Å². The molecule has 2 aromatic rings. The SMILES string of the molecule is COc1ccc(/C=C/C(=O)N2CCCC(Oc3ccc(N(C)C)nn3)C2)cc1OC. The van der Waals surface area contributed by atoms with Gasteiger partial charge in [-0.05, 0) is 42.7 Å². The van der Waals surface area contributed by atoms with Crippen molar-refractivity contribution in [2.45, 2.75) is 18.9 Å². The zero-order valence-electron chi connectivity index (χ0n) is 17.9. The molecule has 0 radical (unpaired) electrons. The first-order valence-corrected chi connectivity index (χ1v) is 9.87. The Balaban J connectivity index is 1.59. The zero-order valence-corrected chi connectivity index (χ0v) is 17.9. The van der Waals surface area contributed by atoms with Crippen molar-refractivity contribution in [2.75, 3.05) is 46.3 Å². The monoisotopic (exact) mass is 412 g/mol. The van der Waals surface area contributed by atoms with E-state index < -0.39 is 0 Å². The van der Waals surface area contributed by atoms with Crippen LogP contribution in [0.5, 0.6) is 17.4 Å². The smallest absolute Gasteiger partial charge is 0.246 e. The van der Waals surface area contributed by atoms with Crippen LogP contribution in [-0.4, -0.2) is 68.5 Å². The summed E-state index contributed by atoms with van der Waals surface area (Å²) in [7, 11) is 6.99. The van der Waals surface area contributed by atoms with Crippen LogP contribution in [0.25, 0.3) is 6.08 Å². The van der Waals surface area contributed by atoms with Gasteiger partial charge in [0.15, 0.2) is 17.3 Å². The minimum atomic E-state index is -0.100. The Labute approximate surface area is 177 Å². The average Bonchev–Trinajstić information content (AvgIpc) is 2.77. The molecule has 1 atom stereocenters. The lowest BCUT2D eigenvalue weighted by Gasteiger charge is -2.31. The third kappa shape index (κ3) is 5.40. The van der Waals surface area contributed by atoms with E-state index in [4.69, 9.17) is 14.2 Å². The highest BCUT2D eigenvalue weighted by Crippen LogP contribution is 2.28. The normalized spacial score (nSPS) is 16.4. The first-order valence-electron chi connectivity index (χ1n) is 9.87. The van der Waals surface area contributed by atoms with E-state index in [2.05, 4.69) is 10.2 Å². The lowest BCUT2D eigenvalue weighted by atomic mass is 10.1. The molecule has 1 aromatic carbocycles. The van der Waals surface area contributed by atoms with Gasteiger partial charge in [0, 0.05) is 32.8 Å². The molecule has 1 unspecified atom stereocenters. The lowest BCUT2D eigenvalue weighted by Crippen LogP contribution is -2.43. The highest BCUT2D eigenvalue weighted by Gasteiger charge is 2.24. The molecule has 2 heterocycles. The van der Waals surface area contributed by atoms with E-state index in [9.17, 15) is 4.79 Å². The van der Waals surface area contributed by atoms with Gasteiger partial charge < -0.3 is 24.0 Å². The van der Waals surface area contributed by atoms with Gasteiger partial charge in [-0.3, -0.25) is 4.79 Å². The number of carbonyl (C=O) groups is 1. The van der Waals surface area contributed by atoms with E-state index in [1.54, 1.807) is 37.3 Å². The number of anilines is 1. The van der Waals surface area contributed by atoms with E-state index in [1.165, 1.54) is 0 Å². The van der Waals surface area contributed by atoms with Crippen molar-refractivity contribution < 1.29 is 19.0 Å². The highest BCUT2D eigenvalue weighted by atomic mass is 16.5. The molecule has 1 saturated heterocycles. The van der Waals surface area contributed by atoms with Crippen molar-refractivity contribution in [1.29, 1.82) is 0 Å². The average molecular weight is 412 g/mol. The van der Waals surface area contributed by atoms with E-state index in [0.29, 0.717) is 30.5 Å². The van der Waals surface area contributed by atoms with Gasteiger partial charge in [0.05, 0.1) is 20.8 Å². The maximum Gasteiger partial charge on any atom is 0.246 e. The zero-order chi connectivity index (χ0) is 21.5. The molecule has 160 valence electrons. The predicted octanol–water partition coefficient (Wildman–Crippen LogP) is 2.64. The molecule has 1 aromatic heterocycles.